The van der Waals surface area contributed by atoms with Crippen LogP contribution in [0.3, 0.4) is 0 Å². The van der Waals surface area contributed by atoms with E-state index in [0.29, 0.717) is 5.57 Å². The summed E-state index contributed by atoms with van der Waals surface area (Å²) >= 11 is 0. The largest absolute Gasteiger partial charge is 0.193 e. The summed E-state index contributed by atoms with van der Waals surface area (Å²) in [5.41, 5.74) is 2.81. The van der Waals surface area contributed by atoms with Crippen LogP contribution in [0.25, 0.3) is 0 Å². The second kappa shape index (κ2) is 9.23. The molecule has 0 aromatic carbocycles. The molecular formula is C7H9N. The fourth-order valence-electron chi connectivity index (χ4n) is 0. The number of nitrogens with zero attached hydrogens (tertiary/aromatic N) is 1. The molecule has 0 aliphatic heterocycles. The van der Waals surface area contributed by atoms with E-state index in [0.717, 1.165) is 0 Å². The quantitative estimate of drug-likeness (QED) is 0.343. The second-order valence-corrected chi connectivity index (χ2v) is 1.14. The lowest BCUT2D eigenvalue weighted by Crippen LogP contribution is -1.51. The van der Waals surface area contributed by atoms with Gasteiger partial charge in [0.1, 0.15) is 0 Å². The molecule has 0 unspecified atom stereocenters. The lowest BCUT2D eigenvalue weighted by atomic mass is 10.4. The van der Waals surface area contributed by atoms with Crippen LogP contribution < -0.4 is 0 Å². The minimum atomic E-state index is 0.560. The van der Waals surface area contributed by atoms with Crippen LogP contribution in [-0.2, 0) is 0 Å². The molecule has 1 nitrogen and oxygen atoms in total. The molecule has 0 saturated heterocycles. The van der Waals surface area contributed by atoms with Crippen molar-refractivity contribution in [1.29, 1.82) is 5.26 Å². The fourth-order valence-corrected chi connectivity index (χ4v) is 0. The minimum absolute atomic E-state index is 0.560. The fraction of sp³-hybridized carbons (Fsp3) is 0.143. The van der Waals surface area contributed by atoms with E-state index in [1.807, 2.05) is 6.07 Å². The first-order valence-electron chi connectivity index (χ1n) is 2.03. The first-order valence-corrected chi connectivity index (χ1v) is 2.03. The van der Waals surface area contributed by atoms with Gasteiger partial charge < -0.3 is 0 Å². The van der Waals surface area contributed by atoms with Crippen molar-refractivity contribution in [3.63, 3.8) is 0 Å². The Morgan fingerprint density at radius 3 is 1.62 bits per heavy atom. The van der Waals surface area contributed by atoms with E-state index < -0.39 is 0 Å². The van der Waals surface area contributed by atoms with Gasteiger partial charge in [0, 0.05) is 5.57 Å². The Balaban J connectivity index is 0. The zero-order chi connectivity index (χ0) is 6.99. The Morgan fingerprint density at radius 1 is 1.50 bits per heavy atom. The number of allylic oxidation sites excluding steroid dienone is 1. The van der Waals surface area contributed by atoms with Crippen LogP contribution in [0.1, 0.15) is 6.92 Å². The van der Waals surface area contributed by atoms with E-state index in [4.69, 9.17) is 5.26 Å². The van der Waals surface area contributed by atoms with Gasteiger partial charge in [0.05, 0.1) is 6.07 Å². The number of hydrogen-bond donors (Lipinski definition) is 0. The molecule has 0 atom stereocenters. The van der Waals surface area contributed by atoms with Crippen molar-refractivity contribution >= 4 is 0 Å². The molecule has 0 spiro atoms. The first kappa shape index (κ1) is 9.89. The Bertz CT molecular complexity index is 131. The van der Waals surface area contributed by atoms with Crippen LogP contribution in [0, 0.1) is 11.3 Å². The maximum atomic E-state index is 7.79. The zero-order valence-corrected chi connectivity index (χ0v) is 5.07. The van der Waals surface area contributed by atoms with E-state index in [1.165, 1.54) is 0 Å². The van der Waals surface area contributed by atoms with E-state index in [2.05, 4.69) is 25.5 Å². The summed E-state index contributed by atoms with van der Waals surface area (Å²) in [4.78, 5) is 0. The summed E-state index contributed by atoms with van der Waals surface area (Å²) < 4.78 is 0. The highest BCUT2D eigenvalue weighted by Gasteiger charge is 1.64. The molecule has 0 saturated carbocycles. The average Bonchev–Trinajstić information content (AvgIpc) is 1.69. The summed E-state index contributed by atoms with van der Waals surface area (Å²) in [6.45, 7) is 11.2. The predicted molar refractivity (Wildman–Crippen MR) is 35.2 cm³/mol. The van der Waals surface area contributed by atoms with Crippen molar-refractivity contribution in [2.75, 3.05) is 0 Å². The van der Waals surface area contributed by atoms with E-state index in [-0.39, 0.29) is 0 Å². The van der Waals surface area contributed by atoms with E-state index in [9.17, 15) is 0 Å². The highest BCUT2D eigenvalue weighted by Crippen LogP contribution is 1.74. The summed E-state index contributed by atoms with van der Waals surface area (Å²) in [6, 6.07) is 1.83. The summed E-state index contributed by atoms with van der Waals surface area (Å²) in [5, 5.41) is 7.79. The minimum Gasteiger partial charge on any atom is -0.193 e. The van der Waals surface area contributed by atoms with Gasteiger partial charge in [-0.3, -0.25) is 0 Å². The molecule has 0 aliphatic carbocycles. The zero-order valence-electron chi connectivity index (χ0n) is 5.07. The van der Waals surface area contributed by atoms with Gasteiger partial charge in [-0.05, 0) is 6.92 Å². The SMILES string of the molecule is C=C(C)C#N.C=C=C. The smallest absolute Gasteiger partial charge is 0.0937 e. The normalized spacial score (nSPS) is 4.50. The van der Waals surface area contributed by atoms with E-state index in [1.54, 1.807) is 6.92 Å². The van der Waals surface area contributed by atoms with Crippen LogP contribution >= 0.6 is 0 Å². The highest BCUT2D eigenvalue weighted by molar-refractivity contribution is 5.11. The van der Waals surface area contributed by atoms with Crippen molar-refractivity contribution < 1.29 is 0 Å². The monoisotopic (exact) mass is 107 g/mol. The molecule has 0 radical (unpaired) electrons. The van der Waals surface area contributed by atoms with Crippen molar-refractivity contribution in [2.45, 2.75) is 6.92 Å². The van der Waals surface area contributed by atoms with Gasteiger partial charge in [-0.25, -0.2) is 0 Å². The molecule has 0 fully saturated rings. The number of nitriles is 1. The highest BCUT2D eigenvalue weighted by atomic mass is 14.2. The molecule has 0 aliphatic rings. The topological polar surface area (TPSA) is 23.8 Å². The Hall–Kier alpha value is -1.25. The molecule has 0 heterocycles. The van der Waals surface area contributed by atoms with Gasteiger partial charge in [0.2, 0.25) is 0 Å². The Morgan fingerprint density at radius 2 is 1.62 bits per heavy atom. The number of rotatable bonds is 0. The van der Waals surface area contributed by atoms with Crippen molar-refractivity contribution in [2.24, 2.45) is 0 Å². The maximum Gasteiger partial charge on any atom is 0.0937 e. The summed E-state index contributed by atoms with van der Waals surface area (Å²) in [6.07, 6.45) is 0. The third-order valence-corrected chi connectivity index (χ3v) is 0.191. The van der Waals surface area contributed by atoms with Crippen molar-refractivity contribution in [3.05, 3.63) is 31.0 Å². The van der Waals surface area contributed by atoms with Crippen LogP contribution in [0.4, 0.5) is 0 Å². The molecule has 0 N–H and O–H groups in total. The summed E-state index contributed by atoms with van der Waals surface area (Å²) in [7, 11) is 0. The Labute approximate surface area is 50.3 Å². The first-order chi connectivity index (χ1) is 3.68. The third kappa shape index (κ3) is 119. The van der Waals surface area contributed by atoms with Crippen molar-refractivity contribution in [3.8, 4) is 6.07 Å². The second-order valence-electron chi connectivity index (χ2n) is 1.14. The third-order valence-electron chi connectivity index (χ3n) is 0.191. The maximum absolute atomic E-state index is 7.79. The average molecular weight is 107 g/mol. The molecular weight excluding hydrogens is 98.1 g/mol. The van der Waals surface area contributed by atoms with Crippen LogP contribution in [0.2, 0.25) is 0 Å². The van der Waals surface area contributed by atoms with Gasteiger partial charge in [0.25, 0.3) is 0 Å². The van der Waals surface area contributed by atoms with Crippen LogP contribution in [0.5, 0.6) is 0 Å². The molecule has 0 aromatic rings. The lowest BCUT2D eigenvalue weighted by molar-refractivity contribution is 1.46. The lowest BCUT2D eigenvalue weighted by Gasteiger charge is -1.61. The van der Waals surface area contributed by atoms with Gasteiger partial charge in [0.15, 0.2) is 0 Å². The van der Waals surface area contributed by atoms with Gasteiger partial charge in [-0.15, -0.1) is 5.73 Å². The molecule has 42 valence electrons. The molecule has 0 aromatic heterocycles. The van der Waals surface area contributed by atoms with Gasteiger partial charge in [-0.2, -0.15) is 5.26 Å². The molecule has 8 heavy (non-hydrogen) atoms. The molecule has 0 amide bonds. The Kier molecular flexibility index (Phi) is 11.4. The predicted octanol–water partition coefficient (Wildman–Crippen LogP) is 2.04. The van der Waals surface area contributed by atoms with Crippen molar-refractivity contribution in [1.82, 2.24) is 0 Å². The van der Waals surface area contributed by atoms with Gasteiger partial charge in [-0.1, -0.05) is 19.7 Å². The van der Waals surface area contributed by atoms with E-state index >= 15 is 0 Å². The standard InChI is InChI=1S/C4H5N.C3H4/c1-4(2)3-5;1-3-2/h1H2,2H3;1-2H2. The molecule has 1 heteroatoms. The van der Waals surface area contributed by atoms with Crippen LogP contribution in [0.15, 0.2) is 31.0 Å². The molecule has 0 rings (SSSR count). The molecule has 0 bridgehead atoms. The van der Waals surface area contributed by atoms with Crippen LogP contribution in [-0.4, -0.2) is 0 Å². The van der Waals surface area contributed by atoms with Gasteiger partial charge >= 0.3 is 0 Å². The number of hydrogen-bond acceptors (Lipinski definition) is 1. The summed E-state index contributed by atoms with van der Waals surface area (Å²) in [5.74, 6) is 0.